The molecule has 3 nitrogen and oxygen atoms in total. The van der Waals surface area contributed by atoms with Gasteiger partial charge in [-0.2, -0.15) is 0 Å². The lowest BCUT2D eigenvalue weighted by Crippen LogP contribution is -2.01. The standard InChI is InChI=1S/C10H10O3/c11-9(6-3-7-10(12)13)8-4-1-2-5-8/h1-2,4H,3,6-7H2,(H,12,13). The van der Waals surface area contributed by atoms with E-state index in [4.69, 9.17) is 5.11 Å². The van der Waals surface area contributed by atoms with Gasteiger partial charge in [0.1, 0.15) is 0 Å². The number of ketones is 1. The van der Waals surface area contributed by atoms with Gasteiger partial charge in [0.15, 0.2) is 5.78 Å². The van der Waals surface area contributed by atoms with Crippen LogP contribution in [0.4, 0.5) is 0 Å². The molecule has 0 fully saturated rings. The molecule has 0 bridgehead atoms. The molecular formula is C10H10O3. The van der Waals surface area contributed by atoms with Crippen molar-refractivity contribution in [2.75, 3.05) is 0 Å². The van der Waals surface area contributed by atoms with Crippen molar-refractivity contribution in [3.05, 3.63) is 29.5 Å². The number of carboxylic acids is 1. The van der Waals surface area contributed by atoms with Crippen LogP contribution in [0, 0.1) is 0 Å². The van der Waals surface area contributed by atoms with E-state index in [0.29, 0.717) is 12.0 Å². The molecule has 1 rings (SSSR count). The molecule has 0 aromatic rings. The fourth-order valence-electron chi connectivity index (χ4n) is 1.04. The molecule has 0 heterocycles. The van der Waals surface area contributed by atoms with E-state index in [2.05, 4.69) is 5.73 Å². The smallest absolute Gasteiger partial charge is 0.303 e. The van der Waals surface area contributed by atoms with Gasteiger partial charge in [0.25, 0.3) is 0 Å². The second-order valence-corrected chi connectivity index (χ2v) is 2.75. The molecule has 0 saturated heterocycles. The number of hydrogen-bond acceptors (Lipinski definition) is 2. The summed E-state index contributed by atoms with van der Waals surface area (Å²) in [6, 6.07) is 0. The van der Waals surface area contributed by atoms with Crippen molar-refractivity contribution in [3.63, 3.8) is 0 Å². The highest BCUT2D eigenvalue weighted by molar-refractivity contribution is 5.98. The van der Waals surface area contributed by atoms with E-state index in [1.54, 1.807) is 18.2 Å². The van der Waals surface area contributed by atoms with Crippen LogP contribution in [0.15, 0.2) is 29.5 Å². The summed E-state index contributed by atoms with van der Waals surface area (Å²) in [5, 5.41) is 8.34. The van der Waals surface area contributed by atoms with Gasteiger partial charge in [0.2, 0.25) is 0 Å². The molecule has 0 radical (unpaired) electrons. The maximum atomic E-state index is 11.3. The first-order valence-corrected chi connectivity index (χ1v) is 4.08. The van der Waals surface area contributed by atoms with Crippen LogP contribution in [0.5, 0.6) is 0 Å². The Morgan fingerprint density at radius 1 is 1.38 bits per heavy atom. The van der Waals surface area contributed by atoms with Crippen molar-refractivity contribution < 1.29 is 14.7 Å². The Hall–Kier alpha value is -1.60. The quantitative estimate of drug-likeness (QED) is 0.648. The molecule has 1 aliphatic rings. The predicted molar refractivity (Wildman–Crippen MR) is 47.2 cm³/mol. The number of carbonyl (C=O) groups is 2. The largest absolute Gasteiger partial charge is 0.481 e. The molecule has 0 aliphatic heterocycles. The van der Waals surface area contributed by atoms with Gasteiger partial charge in [0.05, 0.1) is 5.57 Å². The second-order valence-electron chi connectivity index (χ2n) is 2.75. The third-order valence-electron chi connectivity index (χ3n) is 1.69. The molecule has 0 atom stereocenters. The van der Waals surface area contributed by atoms with Crippen LogP contribution in [0.25, 0.3) is 0 Å². The summed E-state index contributed by atoms with van der Waals surface area (Å²) in [5.41, 5.74) is 3.32. The maximum Gasteiger partial charge on any atom is 0.303 e. The molecule has 68 valence electrons. The Morgan fingerprint density at radius 2 is 2.15 bits per heavy atom. The SMILES string of the molecule is O=C(O)CCCC(=O)C1=C=CC=C1. The summed E-state index contributed by atoms with van der Waals surface area (Å²) in [6.07, 6.45) is 5.82. The third-order valence-corrected chi connectivity index (χ3v) is 1.69. The molecule has 13 heavy (non-hydrogen) atoms. The monoisotopic (exact) mass is 178 g/mol. The average molecular weight is 178 g/mol. The Morgan fingerprint density at radius 3 is 2.69 bits per heavy atom. The summed E-state index contributed by atoms with van der Waals surface area (Å²) in [7, 11) is 0. The number of carbonyl (C=O) groups excluding carboxylic acids is 1. The van der Waals surface area contributed by atoms with Gasteiger partial charge in [-0.15, -0.1) is 5.73 Å². The predicted octanol–water partition coefficient (Wildman–Crippen LogP) is 1.46. The average Bonchev–Trinajstić information content (AvgIpc) is 2.55. The Kier molecular flexibility index (Phi) is 3.23. The van der Waals surface area contributed by atoms with E-state index < -0.39 is 5.97 Å². The van der Waals surface area contributed by atoms with Gasteiger partial charge in [-0.1, -0.05) is 6.08 Å². The molecule has 1 aliphatic carbocycles. The highest BCUT2D eigenvalue weighted by atomic mass is 16.4. The van der Waals surface area contributed by atoms with Crippen molar-refractivity contribution in [1.29, 1.82) is 0 Å². The van der Waals surface area contributed by atoms with Crippen LogP contribution >= 0.6 is 0 Å². The number of carboxylic acid groups (broad SMARTS) is 1. The Labute approximate surface area is 76.1 Å². The van der Waals surface area contributed by atoms with Gasteiger partial charge >= 0.3 is 5.97 Å². The summed E-state index contributed by atoms with van der Waals surface area (Å²) < 4.78 is 0. The fourth-order valence-corrected chi connectivity index (χ4v) is 1.04. The Bertz CT molecular complexity index is 317. The normalized spacial score (nSPS) is 13.1. The van der Waals surface area contributed by atoms with Gasteiger partial charge < -0.3 is 5.11 Å². The van der Waals surface area contributed by atoms with E-state index in [0.717, 1.165) is 0 Å². The maximum absolute atomic E-state index is 11.3. The minimum absolute atomic E-state index is 0.0359. The first kappa shape index (κ1) is 9.49. The molecule has 0 unspecified atom stereocenters. The molecule has 0 saturated carbocycles. The zero-order chi connectivity index (χ0) is 9.68. The van der Waals surface area contributed by atoms with Gasteiger partial charge in [-0.05, 0) is 18.6 Å². The molecule has 1 N–H and O–H groups in total. The zero-order valence-corrected chi connectivity index (χ0v) is 7.12. The lowest BCUT2D eigenvalue weighted by atomic mass is 10.1. The molecule has 0 aromatic carbocycles. The first-order valence-electron chi connectivity index (χ1n) is 4.08. The molecule has 0 spiro atoms. The van der Waals surface area contributed by atoms with E-state index >= 15 is 0 Å². The lowest BCUT2D eigenvalue weighted by molar-refractivity contribution is -0.137. The van der Waals surface area contributed by atoms with Crippen LogP contribution in [0.1, 0.15) is 19.3 Å². The van der Waals surface area contributed by atoms with Gasteiger partial charge in [0, 0.05) is 12.8 Å². The second kappa shape index (κ2) is 4.43. The zero-order valence-electron chi connectivity index (χ0n) is 7.12. The molecular weight excluding hydrogens is 168 g/mol. The van der Waals surface area contributed by atoms with Crippen molar-refractivity contribution in [1.82, 2.24) is 0 Å². The fraction of sp³-hybridized carbons (Fsp3) is 0.300. The van der Waals surface area contributed by atoms with Gasteiger partial charge in [-0.25, -0.2) is 0 Å². The van der Waals surface area contributed by atoms with Crippen molar-refractivity contribution in [2.24, 2.45) is 0 Å². The van der Waals surface area contributed by atoms with E-state index in [1.807, 2.05) is 0 Å². The highest BCUT2D eigenvalue weighted by Gasteiger charge is 2.08. The van der Waals surface area contributed by atoms with E-state index in [-0.39, 0.29) is 18.6 Å². The van der Waals surface area contributed by atoms with Crippen LogP contribution < -0.4 is 0 Å². The highest BCUT2D eigenvalue weighted by Crippen LogP contribution is 2.08. The minimum Gasteiger partial charge on any atom is -0.481 e. The number of rotatable bonds is 5. The number of hydrogen-bond donors (Lipinski definition) is 1. The molecule has 0 aromatic heterocycles. The van der Waals surface area contributed by atoms with E-state index in [9.17, 15) is 9.59 Å². The topological polar surface area (TPSA) is 54.4 Å². The third kappa shape index (κ3) is 3.09. The number of allylic oxidation sites excluding steroid dienone is 3. The first-order chi connectivity index (χ1) is 6.20. The minimum atomic E-state index is -0.862. The van der Waals surface area contributed by atoms with Crippen LogP contribution in [-0.2, 0) is 9.59 Å². The summed E-state index contributed by atoms with van der Waals surface area (Å²) in [5.74, 6) is -0.898. The van der Waals surface area contributed by atoms with E-state index in [1.165, 1.54) is 0 Å². The van der Waals surface area contributed by atoms with Crippen LogP contribution in [-0.4, -0.2) is 16.9 Å². The van der Waals surface area contributed by atoms with Gasteiger partial charge in [-0.3, -0.25) is 9.59 Å². The van der Waals surface area contributed by atoms with Crippen LogP contribution in [0.2, 0.25) is 0 Å². The van der Waals surface area contributed by atoms with Crippen molar-refractivity contribution >= 4 is 11.8 Å². The summed E-state index contributed by atoms with van der Waals surface area (Å²) in [4.78, 5) is 21.4. The lowest BCUT2D eigenvalue weighted by Gasteiger charge is -1.95. The number of aliphatic carboxylic acids is 1. The summed E-state index contributed by atoms with van der Waals surface area (Å²) >= 11 is 0. The van der Waals surface area contributed by atoms with Crippen molar-refractivity contribution in [2.45, 2.75) is 19.3 Å². The van der Waals surface area contributed by atoms with Crippen molar-refractivity contribution in [3.8, 4) is 0 Å². The summed E-state index contributed by atoms with van der Waals surface area (Å²) in [6.45, 7) is 0. The molecule has 3 heteroatoms. The van der Waals surface area contributed by atoms with Crippen LogP contribution in [0.3, 0.4) is 0 Å². The number of Topliss-reactive ketones (excluding diaryl/α,β-unsaturated/α-hetero) is 1. The molecule has 0 amide bonds. The Balaban J connectivity index is 2.30.